The van der Waals surface area contributed by atoms with Gasteiger partial charge in [0.05, 0.1) is 6.20 Å². The summed E-state index contributed by atoms with van der Waals surface area (Å²) in [6.07, 6.45) is 4.32. The van der Waals surface area contributed by atoms with Crippen LogP contribution in [0.15, 0.2) is 24.5 Å². The Bertz CT molecular complexity index is 523. The van der Waals surface area contributed by atoms with Gasteiger partial charge in [-0.05, 0) is 17.0 Å². The van der Waals surface area contributed by atoms with Crippen LogP contribution < -0.4 is 5.32 Å². The standard InChI is InChI=1S/C12H15N3O/c1-12(2,3)9-4-5-10-13-6-11(14-8-16)15(10)7-9/h4-8H,1-3H3,(H,14,16). The van der Waals surface area contributed by atoms with E-state index in [1.54, 1.807) is 6.20 Å². The van der Waals surface area contributed by atoms with E-state index >= 15 is 0 Å². The number of aromatic nitrogens is 2. The van der Waals surface area contributed by atoms with Gasteiger partial charge in [-0.15, -0.1) is 0 Å². The average Bonchev–Trinajstić information content (AvgIpc) is 2.60. The average molecular weight is 217 g/mol. The van der Waals surface area contributed by atoms with Crippen LogP contribution in [0.5, 0.6) is 0 Å². The molecule has 1 amide bonds. The molecule has 0 fully saturated rings. The Hall–Kier alpha value is -1.84. The van der Waals surface area contributed by atoms with Crippen molar-refractivity contribution in [1.82, 2.24) is 9.38 Å². The lowest BCUT2D eigenvalue weighted by Gasteiger charge is -2.19. The molecule has 2 aromatic heterocycles. The van der Waals surface area contributed by atoms with E-state index in [1.165, 1.54) is 5.56 Å². The van der Waals surface area contributed by atoms with Gasteiger partial charge in [0.1, 0.15) is 11.5 Å². The minimum Gasteiger partial charge on any atom is -0.313 e. The van der Waals surface area contributed by atoms with Gasteiger partial charge in [0.25, 0.3) is 0 Å². The summed E-state index contributed by atoms with van der Waals surface area (Å²) in [6.45, 7) is 6.45. The fourth-order valence-electron chi connectivity index (χ4n) is 1.59. The van der Waals surface area contributed by atoms with E-state index in [2.05, 4.69) is 37.1 Å². The molecule has 0 aliphatic carbocycles. The number of fused-ring (bicyclic) bond motifs is 1. The van der Waals surface area contributed by atoms with Gasteiger partial charge in [-0.1, -0.05) is 26.8 Å². The van der Waals surface area contributed by atoms with Gasteiger partial charge in [-0.3, -0.25) is 9.20 Å². The largest absolute Gasteiger partial charge is 0.313 e. The lowest BCUT2D eigenvalue weighted by Crippen LogP contribution is -2.12. The normalized spacial score (nSPS) is 11.7. The molecule has 0 spiro atoms. The van der Waals surface area contributed by atoms with Gasteiger partial charge in [0, 0.05) is 6.20 Å². The zero-order valence-electron chi connectivity index (χ0n) is 9.69. The molecule has 0 saturated carbocycles. The first-order chi connectivity index (χ1) is 7.52. The number of carbonyl (C=O) groups is 1. The minimum atomic E-state index is 0.0803. The van der Waals surface area contributed by atoms with Gasteiger partial charge in [0.2, 0.25) is 6.41 Å². The maximum absolute atomic E-state index is 10.4. The van der Waals surface area contributed by atoms with E-state index in [1.807, 2.05) is 16.7 Å². The second-order valence-corrected chi connectivity index (χ2v) is 4.80. The summed E-state index contributed by atoms with van der Waals surface area (Å²) >= 11 is 0. The maximum Gasteiger partial charge on any atom is 0.212 e. The molecule has 0 unspecified atom stereocenters. The van der Waals surface area contributed by atoms with Crippen molar-refractivity contribution in [3.8, 4) is 0 Å². The Balaban J connectivity index is 2.58. The predicted octanol–water partition coefficient (Wildman–Crippen LogP) is 2.20. The van der Waals surface area contributed by atoms with Gasteiger partial charge in [-0.25, -0.2) is 4.98 Å². The molecular formula is C12H15N3O. The number of nitrogens with one attached hydrogen (secondary N) is 1. The zero-order valence-corrected chi connectivity index (χ0v) is 9.69. The number of imidazole rings is 1. The highest BCUT2D eigenvalue weighted by molar-refractivity contribution is 5.70. The van der Waals surface area contributed by atoms with Crippen LogP contribution in [0.3, 0.4) is 0 Å². The first-order valence-electron chi connectivity index (χ1n) is 5.20. The predicted molar refractivity (Wildman–Crippen MR) is 63.6 cm³/mol. The number of hydrogen-bond donors (Lipinski definition) is 1. The Morgan fingerprint density at radius 1 is 1.38 bits per heavy atom. The highest BCUT2D eigenvalue weighted by Gasteiger charge is 2.14. The summed E-state index contributed by atoms with van der Waals surface area (Å²) in [5.41, 5.74) is 2.11. The summed E-state index contributed by atoms with van der Waals surface area (Å²) in [4.78, 5) is 14.6. The number of hydrogen-bond acceptors (Lipinski definition) is 2. The van der Waals surface area contributed by atoms with Crippen molar-refractivity contribution in [3.05, 3.63) is 30.1 Å². The molecule has 1 N–H and O–H groups in total. The molecule has 0 saturated heterocycles. The Kier molecular flexibility index (Phi) is 2.42. The van der Waals surface area contributed by atoms with Crippen molar-refractivity contribution in [2.45, 2.75) is 26.2 Å². The molecule has 2 rings (SSSR count). The maximum atomic E-state index is 10.4. The molecule has 4 nitrogen and oxygen atoms in total. The van der Waals surface area contributed by atoms with Crippen LogP contribution in [-0.4, -0.2) is 15.8 Å². The smallest absolute Gasteiger partial charge is 0.212 e. The van der Waals surface area contributed by atoms with E-state index in [9.17, 15) is 4.79 Å². The summed E-state index contributed by atoms with van der Waals surface area (Å²) in [5.74, 6) is 0.691. The van der Waals surface area contributed by atoms with E-state index in [0.29, 0.717) is 12.2 Å². The van der Waals surface area contributed by atoms with Crippen LogP contribution in [0, 0.1) is 0 Å². The van der Waals surface area contributed by atoms with Crippen molar-refractivity contribution in [2.75, 3.05) is 5.32 Å². The van der Waals surface area contributed by atoms with E-state index in [4.69, 9.17) is 0 Å². The zero-order chi connectivity index (χ0) is 11.8. The van der Waals surface area contributed by atoms with Crippen LogP contribution in [0.4, 0.5) is 5.82 Å². The number of rotatable bonds is 2. The molecule has 16 heavy (non-hydrogen) atoms. The highest BCUT2D eigenvalue weighted by atomic mass is 16.1. The van der Waals surface area contributed by atoms with Crippen molar-refractivity contribution in [1.29, 1.82) is 0 Å². The van der Waals surface area contributed by atoms with Crippen LogP contribution >= 0.6 is 0 Å². The number of pyridine rings is 1. The lowest BCUT2D eigenvalue weighted by atomic mass is 9.88. The summed E-state index contributed by atoms with van der Waals surface area (Å²) in [7, 11) is 0. The third-order valence-electron chi connectivity index (χ3n) is 2.58. The van der Waals surface area contributed by atoms with Gasteiger partial charge in [-0.2, -0.15) is 0 Å². The molecule has 0 atom stereocenters. The molecule has 0 radical (unpaired) electrons. The van der Waals surface area contributed by atoms with E-state index in [0.717, 1.165) is 5.65 Å². The molecular weight excluding hydrogens is 202 g/mol. The summed E-state index contributed by atoms with van der Waals surface area (Å²) in [6, 6.07) is 4.02. The lowest BCUT2D eigenvalue weighted by molar-refractivity contribution is -0.105. The third-order valence-corrected chi connectivity index (χ3v) is 2.58. The SMILES string of the molecule is CC(C)(C)c1ccc2ncc(NC=O)n2c1. The quantitative estimate of drug-likeness (QED) is 0.784. The van der Waals surface area contributed by atoms with Gasteiger partial charge >= 0.3 is 0 Å². The topological polar surface area (TPSA) is 46.4 Å². The molecule has 4 heteroatoms. The van der Waals surface area contributed by atoms with Crippen molar-refractivity contribution < 1.29 is 4.79 Å². The second kappa shape index (κ2) is 3.63. The van der Waals surface area contributed by atoms with Gasteiger partial charge in [0.15, 0.2) is 0 Å². The molecule has 0 aliphatic heterocycles. The van der Waals surface area contributed by atoms with Crippen molar-refractivity contribution in [3.63, 3.8) is 0 Å². The third kappa shape index (κ3) is 1.78. The Morgan fingerprint density at radius 2 is 2.12 bits per heavy atom. The number of carbonyl (C=O) groups excluding carboxylic acids is 1. The minimum absolute atomic E-state index is 0.0803. The molecule has 84 valence electrons. The Labute approximate surface area is 94.3 Å². The van der Waals surface area contributed by atoms with E-state index < -0.39 is 0 Å². The van der Waals surface area contributed by atoms with Crippen molar-refractivity contribution in [2.24, 2.45) is 0 Å². The fraction of sp³-hybridized carbons (Fsp3) is 0.333. The first-order valence-corrected chi connectivity index (χ1v) is 5.20. The van der Waals surface area contributed by atoms with Crippen molar-refractivity contribution >= 4 is 17.9 Å². The number of nitrogens with zero attached hydrogens (tertiary/aromatic N) is 2. The molecule has 0 aliphatic rings. The number of anilines is 1. The molecule has 0 aromatic carbocycles. The fourth-order valence-corrected chi connectivity index (χ4v) is 1.59. The van der Waals surface area contributed by atoms with Crippen LogP contribution in [-0.2, 0) is 10.2 Å². The second-order valence-electron chi connectivity index (χ2n) is 4.80. The van der Waals surface area contributed by atoms with Gasteiger partial charge < -0.3 is 5.32 Å². The summed E-state index contributed by atoms with van der Waals surface area (Å²) < 4.78 is 1.88. The first kappa shape index (κ1) is 10.7. The number of amides is 1. The van der Waals surface area contributed by atoms with Crippen LogP contribution in [0.1, 0.15) is 26.3 Å². The van der Waals surface area contributed by atoms with Crippen LogP contribution in [0.25, 0.3) is 5.65 Å². The Morgan fingerprint density at radius 3 is 2.75 bits per heavy atom. The monoisotopic (exact) mass is 217 g/mol. The molecule has 2 heterocycles. The summed E-state index contributed by atoms with van der Waals surface area (Å²) in [5, 5.41) is 2.63. The highest BCUT2D eigenvalue weighted by Crippen LogP contribution is 2.23. The van der Waals surface area contributed by atoms with Crippen LogP contribution in [0.2, 0.25) is 0 Å². The molecule has 2 aromatic rings. The van der Waals surface area contributed by atoms with E-state index in [-0.39, 0.29) is 5.41 Å². The molecule has 0 bridgehead atoms.